The zero-order valence-corrected chi connectivity index (χ0v) is 25.0. The number of likely N-dealkylation sites (tertiary alicyclic amines) is 1. The quantitative estimate of drug-likeness (QED) is 0.228. The van der Waals surface area contributed by atoms with Crippen molar-refractivity contribution in [2.75, 3.05) is 13.1 Å². The zero-order chi connectivity index (χ0) is 29.8. The van der Waals surface area contributed by atoms with Crippen LogP contribution in [0.3, 0.4) is 0 Å². The Kier molecular flexibility index (Phi) is 9.13. The predicted octanol–water partition coefficient (Wildman–Crippen LogP) is 7.87. The van der Waals surface area contributed by atoms with E-state index in [1.807, 2.05) is 54.6 Å². The van der Waals surface area contributed by atoms with Crippen molar-refractivity contribution in [2.45, 2.75) is 63.3 Å². The fourth-order valence-electron chi connectivity index (χ4n) is 6.46. The highest BCUT2D eigenvalue weighted by Gasteiger charge is 2.29. The Balaban J connectivity index is 1.23. The molecule has 1 amide bonds. The molecule has 4 aromatic rings. The third kappa shape index (κ3) is 6.80. The van der Waals surface area contributed by atoms with Gasteiger partial charge in [-0.1, -0.05) is 85.5 Å². The number of benzene rings is 4. The van der Waals surface area contributed by atoms with Crippen molar-refractivity contribution in [2.24, 2.45) is 0 Å². The van der Waals surface area contributed by atoms with Crippen molar-refractivity contribution in [3.8, 4) is 28.0 Å². The summed E-state index contributed by atoms with van der Waals surface area (Å²) in [5.41, 5.74) is 7.27. The molecule has 6 rings (SSSR count). The largest absolute Gasteiger partial charge is 0.489 e. The highest BCUT2D eigenvalue weighted by Crippen LogP contribution is 2.38. The Morgan fingerprint density at radius 2 is 1.49 bits per heavy atom. The second-order valence-electron chi connectivity index (χ2n) is 11.8. The molecule has 1 saturated carbocycles. The number of ether oxygens (including phenoxy) is 1. The number of carbonyl (C=O) groups excluding carboxylic acids is 1. The lowest BCUT2D eigenvalue weighted by molar-refractivity contribution is -0.0321. The Labute approximate surface area is 258 Å². The monoisotopic (exact) mass is 595 g/mol. The SMILES string of the molecule is O=C(c1ccc(-c2ccc(Cl)cc2)c(COc2ccc(-c3ccccc3C3CCCCC3)cc2)c1)N1CCC(O)C(O)C1. The van der Waals surface area contributed by atoms with Crippen LogP contribution in [0.5, 0.6) is 5.75 Å². The van der Waals surface area contributed by atoms with Gasteiger partial charge in [0, 0.05) is 23.7 Å². The van der Waals surface area contributed by atoms with Crippen molar-refractivity contribution >= 4 is 17.5 Å². The van der Waals surface area contributed by atoms with Gasteiger partial charge in [-0.3, -0.25) is 4.79 Å². The number of amides is 1. The molecule has 222 valence electrons. The van der Waals surface area contributed by atoms with E-state index in [-0.39, 0.29) is 19.1 Å². The average Bonchev–Trinajstić information content (AvgIpc) is 3.06. The lowest BCUT2D eigenvalue weighted by Gasteiger charge is -2.33. The number of carbonyl (C=O) groups is 1. The van der Waals surface area contributed by atoms with Crippen LogP contribution in [-0.4, -0.2) is 46.3 Å². The van der Waals surface area contributed by atoms with Gasteiger partial charge in [0.05, 0.1) is 12.2 Å². The molecule has 0 aromatic heterocycles. The number of β-amino-alcohol motifs (C(OH)–C–C–N with tert-alkyl or cyclic N) is 1. The molecule has 4 aromatic carbocycles. The van der Waals surface area contributed by atoms with Gasteiger partial charge in [0.2, 0.25) is 0 Å². The Hall–Kier alpha value is -3.64. The lowest BCUT2D eigenvalue weighted by atomic mass is 9.81. The summed E-state index contributed by atoms with van der Waals surface area (Å²) < 4.78 is 6.30. The first-order valence-electron chi connectivity index (χ1n) is 15.3. The molecule has 1 aliphatic carbocycles. The number of hydrogen-bond donors (Lipinski definition) is 2. The van der Waals surface area contributed by atoms with E-state index in [0.29, 0.717) is 29.5 Å². The van der Waals surface area contributed by atoms with Crippen molar-refractivity contribution < 1.29 is 19.7 Å². The molecule has 2 fully saturated rings. The van der Waals surface area contributed by atoms with E-state index in [0.717, 1.165) is 22.4 Å². The van der Waals surface area contributed by atoms with Crippen molar-refractivity contribution in [3.63, 3.8) is 0 Å². The molecule has 0 radical (unpaired) electrons. The average molecular weight is 596 g/mol. The van der Waals surface area contributed by atoms with E-state index in [1.165, 1.54) is 48.8 Å². The third-order valence-electron chi connectivity index (χ3n) is 8.91. The first-order valence-corrected chi connectivity index (χ1v) is 15.7. The smallest absolute Gasteiger partial charge is 0.253 e. The van der Waals surface area contributed by atoms with Crippen LogP contribution in [0.4, 0.5) is 0 Å². The van der Waals surface area contributed by atoms with Gasteiger partial charge in [0.15, 0.2) is 0 Å². The van der Waals surface area contributed by atoms with Crippen LogP contribution in [0.25, 0.3) is 22.3 Å². The summed E-state index contributed by atoms with van der Waals surface area (Å²) in [5, 5.41) is 20.7. The number of halogens is 1. The summed E-state index contributed by atoms with van der Waals surface area (Å²) in [4.78, 5) is 15.0. The van der Waals surface area contributed by atoms with Gasteiger partial charge in [-0.15, -0.1) is 0 Å². The molecule has 2 N–H and O–H groups in total. The van der Waals surface area contributed by atoms with Crippen molar-refractivity contribution in [1.82, 2.24) is 4.90 Å². The topological polar surface area (TPSA) is 70.0 Å². The van der Waals surface area contributed by atoms with Crippen molar-refractivity contribution in [1.29, 1.82) is 0 Å². The minimum absolute atomic E-state index is 0.112. The first-order chi connectivity index (χ1) is 21.0. The fraction of sp³-hybridized carbons (Fsp3) is 0.324. The van der Waals surface area contributed by atoms with Crippen LogP contribution in [0.1, 0.15) is 65.9 Å². The zero-order valence-electron chi connectivity index (χ0n) is 24.3. The summed E-state index contributed by atoms with van der Waals surface area (Å²) in [5.74, 6) is 1.21. The number of aliphatic hydroxyl groups excluding tert-OH is 2. The maximum absolute atomic E-state index is 13.4. The van der Waals surface area contributed by atoms with Crippen LogP contribution in [0, 0.1) is 0 Å². The van der Waals surface area contributed by atoms with Gasteiger partial charge in [-0.25, -0.2) is 0 Å². The van der Waals surface area contributed by atoms with Crippen LogP contribution in [0.15, 0.2) is 91.0 Å². The maximum atomic E-state index is 13.4. The summed E-state index contributed by atoms with van der Waals surface area (Å²) in [7, 11) is 0. The highest BCUT2D eigenvalue weighted by molar-refractivity contribution is 6.30. The number of aliphatic hydroxyl groups is 2. The summed E-state index contributed by atoms with van der Waals surface area (Å²) >= 11 is 6.15. The first kappa shape index (κ1) is 29.4. The fourth-order valence-corrected chi connectivity index (χ4v) is 6.59. The Morgan fingerprint density at radius 1 is 0.791 bits per heavy atom. The molecule has 2 aliphatic rings. The number of hydrogen-bond acceptors (Lipinski definition) is 4. The van der Waals surface area contributed by atoms with Gasteiger partial charge in [-0.05, 0) is 95.0 Å². The number of nitrogens with zero attached hydrogens (tertiary/aromatic N) is 1. The molecule has 6 heteroatoms. The predicted molar refractivity (Wildman–Crippen MR) is 171 cm³/mol. The molecule has 0 bridgehead atoms. The highest BCUT2D eigenvalue weighted by atomic mass is 35.5. The lowest BCUT2D eigenvalue weighted by Crippen LogP contribution is -2.48. The van der Waals surface area contributed by atoms with Gasteiger partial charge < -0.3 is 19.8 Å². The Morgan fingerprint density at radius 3 is 2.23 bits per heavy atom. The molecule has 0 spiro atoms. The van der Waals surface area contributed by atoms with Crippen LogP contribution in [0.2, 0.25) is 5.02 Å². The summed E-state index contributed by atoms with van der Waals surface area (Å²) in [6, 6.07) is 30.3. The normalized spacial score (nSPS) is 19.3. The molecule has 2 unspecified atom stereocenters. The summed E-state index contributed by atoms with van der Waals surface area (Å²) in [6.45, 7) is 0.789. The van der Waals surface area contributed by atoms with Crippen LogP contribution >= 0.6 is 11.6 Å². The van der Waals surface area contributed by atoms with Gasteiger partial charge >= 0.3 is 0 Å². The minimum Gasteiger partial charge on any atom is -0.489 e. The van der Waals surface area contributed by atoms with Gasteiger partial charge in [0.25, 0.3) is 5.91 Å². The van der Waals surface area contributed by atoms with E-state index >= 15 is 0 Å². The van der Waals surface area contributed by atoms with E-state index < -0.39 is 12.2 Å². The third-order valence-corrected chi connectivity index (χ3v) is 9.16. The second-order valence-corrected chi connectivity index (χ2v) is 12.2. The van der Waals surface area contributed by atoms with E-state index in [9.17, 15) is 15.0 Å². The molecule has 43 heavy (non-hydrogen) atoms. The Bertz CT molecular complexity index is 1550. The van der Waals surface area contributed by atoms with Crippen molar-refractivity contribution in [3.05, 3.63) is 113 Å². The van der Waals surface area contributed by atoms with Gasteiger partial charge in [0.1, 0.15) is 12.4 Å². The molecular formula is C37H38ClNO4. The standard InChI is InChI=1S/C37H38ClNO4/c38-30-15-10-26(11-16-30)32-19-14-28(37(42)39-21-20-35(40)36(41)23-39)22-29(32)24-43-31-17-12-27(13-18-31)34-9-5-4-8-33(34)25-6-2-1-3-7-25/h4-5,8-19,22,25,35-36,40-41H,1-3,6-7,20-21,23-24H2. The van der Waals surface area contributed by atoms with E-state index in [1.54, 1.807) is 4.90 Å². The van der Waals surface area contributed by atoms with E-state index in [4.69, 9.17) is 16.3 Å². The molecule has 1 aliphatic heterocycles. The number of rotatable bonds is 7. The molecule has 5 nitrogen and oxygen atoms in total. The van der Waals surface area contributed by atoms with E-state index in [2.05, 4.69) is 36.4 Å². The number of piperidine rings is 1. The molecule has 1 saturated heterocycles. The molecule has 2 atom stereocenters. The van der Waals surface area contributed by atoms with Gasteiger partial charge in [-0.2, -0.15) is 0 Å². The summed E-state index contributed by atoms with van der Waals surface area (Å²) in [6.07, 6.45) is 5.09. The molecule has 1 heterocycles. The van der Waals surface area contributed by atoms with Crippen LogP contribution < -0.4 is 4.74 Å². The van der Waals surface area contributed by atoms with Crippen LogP contribution in [-0.2, 0) is 6.61 Å². The maximum Gasteiger partial charge on any atom is 0.253 e. The molecular weight excluding hydrogens is 558 g/mol. The minimum atomic E-state index is -0.938. The second kappa shape index (κ2) is 13.3.